The van der Waals surface area contributed by atoms with Crippen molar-refractivity contribution in [3.63, 3.8) is 0 Å². The Morgan fingerprint density at radius 2 is 1.68 bits per heavy atom. The molecule has 168 valence electrons. The Balaban J connectivity index is 1.81. The van der Waals surface area contributed by atoms with Crippen LogP contribution < -0.4 is 0 Å². The van der Waals surface area contributed by atoms with Gasteiger partial charge in [0.05, 0.1) is 19.2 Å². The standard InChI is InChI=1S/C28H21BrN2O3/c1-34-27(33)28(17-30)23(19-11-13-21(29)14-12-19)24(25(32)20-8-3-2-4-9-20)31-16-15-18-7-5-6-10-22(18)26(28)31/h2-16,23-24,26H,1H3. The van der Waals surface area contributed by atoms with Crippen LogP contribution in [0.3, 0.4) is 0 Å². The number of ether oxygens (including phenoxy) is 1. The van der Waals surface area contributed by atoms with E-state index in [0.717, 1.165) is 21.2 Å². The topological polar surface area (TPSA) is 70.4 Å². The summed E-state index contributed by atoms with van der Waals surface area (Å²) in [6, 6.07) is 25.0. The van der Waals surface area contributed by atoms with Gasteiger partial charge in [0.2, 0.25) is 0 Å². The zero-order valence-corrected chi connectivity index (χ0v) is 20.0. The number of Topliss-reactive ketones (excluding diaryl/α,β-unsaturated/α-hetero) is 1. The van der Waals surface area contributed by atoms with Crippen LogP contribution in [-0.2, 0) is 9.53 Å². The van der Waals surface area contributed by atoms with Crippen LogP contribution >= 0.6 is 15.9 Å². The zero-order valence-electron chi connectivity index (χ0n) is 18.4. The maximum Gasteiger partial charge on any atom is 0.329 e. The van der Waals surface area contributed by atoms with Gasteiger partial charge < -0.3 is 9.64 Å². The highest BCUT2D eigenvalue weighted by Crippen LogP contribution is 2.60. The Hall–Kier alpha value is -3.69. The van der Waals surface area contributed by atoms with E-state index in [4.69, 9.17) is 4.74 Å². The molecule has 4 atom stereocenters. The van der Waals surface area contributed by atoms with Crippen LogP contribution in [0.4, 0.5) is 0 Å². The maximum atomic E-state index is 14.0. The molecule has 2 aliphatic rings. The molecule has 4 unspecified atom stereocenters. The lowest BCUT2D eigenvalue weighted by molar-refractivity contribution is -0.151. The fourth-order valence-electron chi connectivity index (χ4n) is 5.41. The average Bonchev–Trinajstić information content (AvgIpc) is 3.20. The molecule has 0 saturated carbocycles. The number of carbonyl (C=O) groups excluding carboxylic acids is 2. The van der Waals surface area contributed by atoms with Crippen molar-refractivity contribution in [1.82, 2.24) is 4.90 Å². The molecule has 34 heavy (non-hydrogen) atoms. The lowest BCUT2D eigenvalue weighted by Gasteiger charge is -2.36. The van der Waals surface area contributed by atoms with Gasteiger partial charge in [0, 0.05) is 22.2 Å². The molecule has 5 nitrogen and oxygen atoms in total. The normalized spacial score (nSPS) is 24.6. The van der Waals surface area contributed by atoms with Gasteiger partial charge in [-0.2, -0.15) is 5.26 Å². The summed E-state index contributed by atoms with van der Waals surface area (Å²) in [5.41, 5.74) is 1.35. The minimum atomic E-state index is -1.64. The van der Waals surface area contributed by atoms with Crippen molar-refractivity contribution in [2.24, 2.45) is 5.41 Å². The van der Waals surface area contributed by atoms with E-state index in [2.05, 4.69) is 22.0 Å². The summed E-state index contributed by atoms with van der Waals surface area (Å²) in [7, 11) is 1.29. The fraction of sp³-hybridized carbons (Fsp3) is 0.179. The number of rotatable bonds is 4. The zero-order chi connectivity index (χ0) is 23.9. The van der Waals surface area contributed by atoms with Crippen LogP contribution in [0.15, 0.2) is 89.5 Å². The quantitative estimate of drug-likeness (QED) is 0.340. The number of nitrogens with zero attached hydrogens (tertiary/aromatic N) is 2. The Labute approximate surface area is 206 Å². The second kappa shape index (κ2) is 8.58. The van der Waals surface area contributed by atoms with Crippen molar-refractivity contribution in [3.8, 4) is 6.07 Å². The Kier molecular flexibility index (Phi) is 5.59. The van der Waals surface area contributed by atoms with Crippen molar-refractivity contribution in [1.29, 1.82) is 5.26 Å². The Morgan fingerprint density at radius 3 is 2.35 bits per heavy atom. The molecule has 2 aliphatic heterocycles. The number of halogens is 1. The highest BCUT2D eigenvalue weighted by atomic mass is 79.9. The number of esters is 1. The lowest BCUT2D eigenvalue weighted by atomic mass is 9.66. The number of fused-ring (bicyclic) bond motifs is 3. The van der Waals surface area contributed by atoms with Crippen LogP contribution in [0.5, 0.6) is 0 Å². The van der Waals surface area contributed by atoms with Gasteiger partial charge in [0.25, 0.3) is 0 Å². The molecule has 0 spiro atoms. The Morgan fingerprint density at radius 1 is 1.00 bits per heavy atom. The van der Waals surface area contributed by atoms with E-state index in [1.807, 2.05) is 83.9 Å². The molecule has 0 bridgehead atoms. The second-order valence-electron chi connectivity index (χ2n) is 8.47. The van der Waals surface area contributed by atoms with Crippen LogP contribution in [0.1, 0.15) is 39.0 Å². The van der Waals surface area contributed by atoms with Gasteiger partial charge in [-0.1, -0.05) is 82.7 Å². The van der Waals surface area contributed by atoms with Crippen molar-refractivity contribution < 1.29 is 14.3 Å². The molecule has 1 saturated heterocycles. The molecule has 3 aromatic rings. The molecule has 6 heteroatoms. The van der Waals surface area contributed by atoms with Crippen LogP contribution in [0, 0.1) is 16.7 Å². The molecule has 0 aliphatic carbocycles. The van der Waals surface area contributed by atoms with Crippen LogP contribution in [0.2, 0.25) is 0 Å². The van der Waals surface area contributed by atoms with Crippen molar-refractivity contribution in [2.75, 3.05) is 7.11 Å². The maximum absolute atomic E-state index is 14.0. The first kappa shape index (κ1) is 22.1. The summed E-state index contributed by atoms with van der Waals surface area (Å²) in [6.45, 7) is 0. The van der Waals surface area contributed by atoms with Gasteiger partial charge in [-0.3, -0.25) is 9.59 Å². The SMILES string of the molecule is COC(=O)C1(C#N)C(c2ccc(Br)cc2)C(C(=O)c2ccccc2)N2C=Cc3ccccc3C21. The lowest BCUT2D eigenvalue weighted by Crippen LogP contribution is -2.41. The summed E-state index contributed by atoms with van der Waals surface area (Å²) in [4.78, 5) is 29.5. The van der Waals surface area contributed by atoms with E-state index >= 15 is 0 Å². The third kappa shape index (κ3) is 3.19. The van der Waals surface area contributed by atoms with Crippen LogP contribution in [0.25, 0.3) is 6.08 Å². The van der Waals surface area contributed by atoms with Gasteiger partial charge in [0.15, 0.2) is 11.2 Å². The van der Waals surface area contributed by atoms with E-state index in [-0.39, 0.29) is 5.78 Å². The minimum Gasteiger partial charge on any atom is -0.468 e. The van der Waals surface area contributed by atoms with E-state index < -0.39 is 29.4 Å². The Bertz CT molecular complexity index is 1330. The molecule has 2 heterocycles. The first-order chi connectivity index (χ1) is 16.5. The smallest absolute Gasteiger partial charge is 0.329 e. The largest absolute Gasteiger partial charge is 0.468 e. The molecule has 0 radical (unpaired) electrons. The number of ketones is 1. The summed E-state index contributed by atoms with van der Waals surface area (Å²) in [5.74, 6) is -1.55. The number of hydrogen-bond donors (Lipinski definition) is 0. The summed E-state index contributed by atoms with van der Waals surface area (Å²) in [5, 5.41) is 10.7. The first-order valence-corrected chi connectivity index (χ1v) is 11.7. The molecule has 1 fully saturated rings. The van der Waals surface area contributed by atoms with Gasteiger partial charge in [-0.25, -0.2) is 0 Å². The minimum absolute atomic E-state index is 0.149. The third-order valence-corrected chi connectivity index (χ3v) is 7.37. The molecule has 0 aromatic heterocycles. The van der Waals surface area contributed by atoms with E-state index in [1.54, 1.807) is 12.1 Å². The average molecular weight is 513 g/mol. The van der Waals surface area contributed by atoms with E-state index in [9.17, 15) is 14.9 Å². The predicted octanol–water partition coefficient (Wildman–Crippen LogP) is 5.51. The number of carbonyl (C=O) groups is 2. The van der Waals surface area contributed by atoms with E-state index in [0.29, 0.717) is 5.56 Å². The highest BCUT2D eigenvalue weighted by Gasteiger charge is 2.67. The number of benzene rings is 3. The van der Waals surface area contributed by atoms with Crippen molar-refractivity contribution in [2.45, 2.75) is 18.0 Å². The number of hydrogen-bond acceptors (Lipinski definition) is 5. The van der Waals surface area contributed by atoms with Gasteiger partial charge in [0.1, 0.15) is 6.04 Å². The molecule has 0 amide bonds. The van der Waals surface area contributed by atoms with Crippen molar-refractivity contribution >= 4 is 33.8 Å². The first-order valence-electron chi connectivity index (χ1n) is 10.9. The molecular weight excluding hydrogens is 492 g/mol. The fourth-order valence-corrected chi connectivity index (χ4v) is 5.67. The van der Waals surface area contributed by atoms with Gasteiger partial charge in [-0.15, -0.1) is 0 Å². The monoisotopic (exact) mass is 512 g/mol. The third-order valence-electron chi connectivity index (χ3n) is 6.84. The summed E-state index contributed by atoms with van der Waals surface area (Å²) < 4.78 is 6.13. The molecular formula is C28H21BrN2O3. The van der Waals surface area contributed by atoms with Gasteiger partial charge in [-0.05, 0) is 34.9 Å². The summed E-state index contributed by atoms with van der Waals surface area (Å²) in [6.07, 6.45) is 3.77. The predicted molar refractivity (Wildman–Crippen MR) is 132 cm³/mol. The van der Waals surface area contributed by atoms with E-state index in [1.165, 1.54) is 7.11 Å². The molecule has 0 N–H and O–H groups in total. The molecule has 3 aromatic carbocycles. The highest BCUT2D eigenvalue weighted by molar-refractivity contribution is 9.10. The second-order valence-corrected chi connectivity index (χ2v) is 9.39. The van der Waals surface area contributed by atoms with Gasteiger partial charge >= 0.3 is 5.97 Å². The van der Waals surface area contributed by atoms with Crippen molar-refractivity contribution in [3.05, 3.63) is 112 Å². The number of methoxy groups -OCH3 is 1. The van der Waals surface area contributed by atoms with Crippen LogP contribution in [-0.4, -0.2) is 29.8 Å². The summed E-state index contributed by atoms with van der Waals surface area (Å²) >= 11 is 3.46. The number of nitriles is 1. The molecule has 5 rings (SSSR count).